The van der Waals surface area contributed by atoms with Crippen LogP contribution in [0.1, 0.15) is 31.4 Å². The molecule has 0 amide bonds. The molecule has 0 aliphatic heterocycles. The van der Waals surface area contributed by atoms with Crippen LogP contribution in [0.3, 0.4) is 0 Å². The number of aromatic amines is 1. The molecule has 1 saturated carbocycles. The quantitative estimate of drug-likeness (QED) is 0.468. The molecule has 8 heteroatoms. The maximum Gasteiger partial charge on any atom is 0.153 e. The molecular formula is C20H24N8. The zero-order valence-electron chi connectivity index (χ0n) is 15.9. The molecule has 0 bridgehead atoms. The van der Waals surface area contributed by atoms with E-state index in [0.717, 1.165) is 54.0 Å². The van der Waals surface area contributed by atoms with Crippen molar-refractivity contribution in [2.45, 2.75) is 44.7 Å². The average molecular weight is 376 g/mol. The van der Waals surface area contributed by atoms with Gasteiger partial charge in [0.25, 0.3) is 0 Å². The maximum atomic E-state index is 8.69. The minimum atomic E-state index is 0.346. The SMILES string of the molecule is Cc1cc(Nc2cc3ncccc3c(N[C@H]3CC[C@H](NCCC#N)C3)n2)n[nH]1. The summed E-state index contributed by atoms with van der Waals surface area (Å²) in [6.07, 6.45) is 5.53. The molecular weight excluding hydrogens is 352 g/mol. The molecule has 0 spiro atoms. The number of hydrogen-bond acceptors (Lipinski definition) is 7. The van der Waals surface area contributed by atoms with Crippen LogP contribution in [0.2, 0.25) is 0 Å². The first-order chi connectivity index (χ1) is 13.7. The molecule has 2 atom stereocenters. The number of rotatable bonds is 7. The lowest BCUT2D eigenvalue weighted by Gasteiger charge is -2.17. The smallest absolute Gasteiger partial charge is 0.153 e. The van der Waals surface area contributed by atoms with Crippen molar-refractivity contribution < 1.29 is 0 Å². The third-order valence-corrected chi connectivity index (χ3v) is 5.00. The first-order valence-electron chi connectivity index (χ1n) is 9.63. The number of pyridine rings is 2. The standard InChI is InChI=1S/C20H24N8/c1-13-10-19(28-27-13)25-18-12-17-16(4-2-8-23-17)20(26-18)24-15-6-5-14(11-15)22-9-3-7-21/h2,4,8,10,12,14-15,22H,3,5-6,9,11H2,1H3,(H3,24,25,26,27,28)/t14-,15-/m0/s1. The highest BCUT2D eigenvalue weighted by molar-refractivity contribution is 5.91. The minimum absolute atomic E-state index is 0.346. The molecule has 0 saturated heterocycles. The van der Waals surface area contributed by atoms with E-state index in [-0.39, 0.29) is 0 Å². The van der Waals surface area contributed by atoms with Gasteiger partial charge in [0.05, 0.1) is 11.6 Å². The molecule has 3 aromatic heterocycles. The van der Waals surface area contributed by atoms with Crippen molar-refractivity contribution in [3.63, 3.8) is 0 Å². The molecule has 0 aromatic carbocycles. The van der Waals surface area contributed by atoms with Gasteiger partial charge in [-0.15, -0.1) is 0 Å². The van der Waals surface area contributed by atoms with Crippen molar-refractivity contribution in [3.8, 4) is 6.07 Å². The fraction of sp³-hybridized carbons (Fsp3) is 0.400. The Bertz CT molecular complexity index is 989. The van der Waals surface area contributed by atoms with Crippen LogP contribution in [0.15, 0.2) is 30.5 Å². The molecule has 8 nitrogen and oxygen atoms in total. The molecule has 4 N–H and O–H groups in total. The predicted octanol–water partition coefficient (Wildman–Crippen LogP) is 3.24. The summed E-state index contributed by atoms with van der Waals surface area (Å²) >= 11 is 0. The fourth-order valence-corrected chi connectivity index (χ4v) is 3.69. The third-order valence-electron chi connectivity index (χ3n) is 5.00. The zero-order chi connectivity index (χ0) is 19.3. The van der Waals surface area contributed by atoms with E-state index in [1.54, 1.807) is 6.20 Å². The van der Waals surface area contributed by atoms with E-state index in [1.165, 1.54) is 0 Å². The van der Waals surface area contributed by atoms with Crippen LogP contribution in [-0.2, 0) is 0 Å². The maximum absolute atomic E-state index is 8.69. The van der Waals surface area contributed by atoms with Crippen LogP contribution in [0.4, 0.5) is 17.5 Å². The van der Waals surface area contributed by atoms with E-state index < -0.39 is 0 Å². The molecule has 0 unspecified atom stereocenters. The summed E-state index contributed by atoms with van der Waals surface area (Å²) in [7, 11) is 0. The van der Waals surface area contributed by atoms with Gasteiger partial charge >= 0.3 is 0 Å². The topological polar surface area (TPSA) is 114 Å². The summed E-state index contributed by atoms with van der Waals surface area (Å²) < 4.78 is 0. The molecule has 4 rings (SSSR count). The number of aromatic nitrogens is 4. The Hall–Kier alpha value is -3.18. The number of nitrogens with one attached hydrogen (secondary N) is 4. The molecule has 1 aliphatic carbocycles. The van der Waals surface area contributed by atoms with Crippen LogP contribution in [0, 0.1) is 18.3 Å². The van der Waals surface area contributed by atoms with Crippen LogP contribution >= 0.6 is 0 Å². The Morgan fingerprint density at radius 3 is 2.96 bits per heavy atom. The van der Waals surface area contributed by atoms with E-state index in [9.17, 15) is 0 Å². The summed E-state index contributed by atoms with van der Waals surface area (Å²) in [5.74, 6) is 2.28. The number of nitrogens with zero attached hydrogens (tertiary/aromatic N) is 4. The Morgan fingerprint density at radius 1 is 1.25 bits per heavy atom. The summed E-state index contributed by atoms with van der Waals surface area (Å²) in [5, 5.41) is 27.2. The molecule has 28 heavy (non-hydrogen) atoms. The number of H-pyrrole nitrogens is 1. The summed E-state index contributed by atoms with van der Waals surface area (Å²) in [5.41, 5.74) is 1.87. The van der Waals surface area contributed by atoms with Crippen LogP contribution in [0.5, 0.6) is 0 Å². The largest absolute Gasteiger partial charge is 0.367 e. The second-order valence-corrected chi connectivity index (χ2v) is 7.20. The Morgan fingerprint density at radius 2 is 2.14 bits per heavy atom. The highest BCUT2D eigenvalue weighted by Crippen LogP contribution is 2.28. The highest BCUT2D eigenvalue weighted by Gasteiger charge is 2.25. The first kappa shape index (κ1) is 18.2. The van der Waals surface area contributed by atoms with Crippen molar-refractivity contribution in [1.29, 1.82) is 5.26 Å². The van der Waals surface area contributed by atoms with Gasteiger partial charge in [-0.25, -0.2) is 4.98 Å². The number of anilines is 3. The van der Waals surface area contributed by atoms with Crippen molar-refractivity contribution >= 4 is 28.4 Å². The highest BCUT2D eigenvalue weighted by atomic mass is 15.2. The second kappa shape index (κ2) is 8.23. The van der Waals surface area contributed by atoms with E-state index in [1.807, 2.05) is 31.2 Å². The first-order valence-corrected chi connectivity index (χ1v) is 9.63. The van der Waals surface area contributed by atoms with Gasteiger partial charge in [-0.2, -0.15) is 10.4 Å². The van der Waals surface area contributed by atoms with Crippen LogP contribution in [-0.4, -0.2) is 38.8 Å². The minimum Gasteiger partial charge on any atom is -0.367 e. The van der Waals surface area contributed by atoms with Gasteiger partial charge in [0.1, 0.15) is 11.6 Å². The third kappa shape index (κ3) is 4.21. The van der Waals surface area contributed by atoms with Crippen molar-refractivity contribution in [2.75, 3.05) is 17.2 Å². The van der Waals surface area contributed by atoms with Crippen LogP contribution in [0.25, 0.3) is 10.9 Å². The number of hydrogen-bond donors (Lipinski definition) is 4. The summed E-state index contributed by atoms with van der Waals surface area (Å²) in [4.78, 5) is 9.29. The van der Waals surface area contributed by atoms with Crippen molar-refractivity contribution in [1.82, 2.24) is 25.5 Å². The fourth-order valence-electron chi connectivity index (χ4n) is 3.69. The molecule has 3 aromatic rings. The Kier molecular flexibility index (Phi) is 5.35. The lowest BCUT2D eigenvalue weighted by atomic mass is 10.2. The van der Waals surface area contributed by atoms with Crippen molar-refractivity contribution in [2.24, 2.45) is 0 Å². The zero-order valence-corrected chi connectivity index (χ0v) is 15.9. The number of fused-ring (bicyclic) bond motifs is 1. The summed E-state index contributed by atoms with van der Waals surface area (Å²) in [6.45, 7) is 2.71. The van der Waals surface area contributed by atoms with Crippen molar-refractivity contribution in [3.05, 3.63) is 36.2 Å². The molecule has 144 valence electrons. The van der Waals surface area contributed by atoms with E-state index in [4.69, 9.17) is 10.2 Å². The number of nitriles is 1. The predicted molar refractivity (Wildman–Crippen MR) is 109 cm³/mol. The van der Waals surface area contributed by atoms with Gasteiger partial charge in [0.15, 0.2) is 5.82 Å². The lowest BCUT2D eigenvalue weighted by Crippen LogP contribution is -2.29. The molecule has 0 radical (unpaired) electrons. The molecule has 1 aliphatic rings. The van der Waals surface area contributed by atoms with Gasteiger partial charge in [-0.1, -0.05) is 0 Å². The number of aryl methyl sites for hydroxylation is 1. The Labute approximate surface area is 163 Å². The van der Waals surface area contributed by atoms with E-state index in [2.05, 4.69) is 37.2 Å². The van der Waals surface area contributed by atoms with Crippen LogP contribution < -0.4 is 16.0 Å². The van der Waals surface area contributed by atoms with Gasteiger partial charge in [0, 0.05) is 54.5 Å². The molecule has 3 heterocycles. The van der Waals surface area contributed by atoms with Gasteiger partial charge in [-0.3, -0.25) is 10.1 Å². The van der Waals surface area contributed by atoms with E-state index >= 15 is 0 Å². The lowest BCUT2D eigenvalue weighted by molar-refractivity contribution is 0.527. The second-order valence-electron chi connectivity index (χ2n) is 7.20. The average Bonchev–Trinajstić information content (AvgIpc) is 3.31. The van der Waals surface area contributed by atoms with Gasteiger partial charge in [0.2, 0.25) is 0 Å². The van der Waals surface area contributed by atoms with Gasteiger partial charge in [-0.05, 0) is 38.3 Å². The van der Waals surface area contributed by atoms with E-state index in [0.29, 0.717) is 24.3 Å². The normalized spacial score (nSPS) is 18.9. The monoisotopic (exact) mass is 376 g/mol. The summed E-state index contributed by atoms with van der Waals surface area (Å²) in [6, 6.07) is 10.8. The van der Waals surface area contributed by atoms with Gasteiger partial charge < -0.3 is 16.0 Å². The Balaban J connectivity index is 1.52. The molecule has 1 fully saturated rings.